The molecule has 1 unspecified atom stereocenters. The molecule has 1 N–H and O–H groups in total. The lowest BCUT2D eigenvalue weighted by Crippen LogP contribution is -2.20. The first-order valence-electron chi connectivity index (χ1n) is 5.30. The predicted octanol–water partition coefficient (Wildman–Crippen LogP) is 3.48. The van der Waals surface area contributed by atoms with E-state index in [1.54, 1.807) is 6.07 Å². The Kier molecular flexibility index (Phi) is 4.55. The molecule has 3 nitrogen and oxygen atoms in total. The second kappa shape index (κ2) is 5.94. The van der Waals surface area contributed by atoms with E-state index in [1.807, 2.05) is 11.8 Å². The van der Waals surface area contributed by atoms with Crippen molar-refractivity contribution in [1.82, 2.24) is 10.2 Å². The Hall–Kier alpha value is -0.190. The van der Waals surface area contributed by atoms with Crippen LogP contribution in [0.15, 0.2) is 6.07 Å². The minimum absolute atomic E-state index is 0.364. The molecule has 0 bridgehead atoms. The summed E-state index contributed by atoms with van der Waals surface area (Å²) in [4.78, 5) is 0. The summed E-state index contributed by atoms with van der Waals surface area (Å²) in [6.07, 6.45) is 3.93. The van der Waals surface area contributed by atoms with E-state index < -0.39 is 0 Å². The topological polar surface area (TPSA) is 37.8 Å². The van der Waals surface area contributed by atoms with E-state index in [4.69, 9.17) is 23.2 Å². The van der Waals surface area contributed by atoms with Gasteiger partial charge in [0, 0.05) is 17.9 Å². The van der Waals surface area contributed by atoms with Crippen LogP contribution in [0.25, 0.3) is 0 Å². The molecule has 16 heavy (non-hydrogen) atoms. The summed E-state index contributed by atoms with van der Waals surface area (Å²) in [6.45, 7) is 0.909. The maximum atomic E-state index is 5.91. The molecule has 6 heteroatoms. The smallest absolute Gasteiger partial charge is 0.174 e. The molecule has 0 spiro atoms. The molecule has 1 aromatic rings. The van der Waals surface area contributed by atoms with E-state index in [0.29, 0.717) is 15.6 Å². The van der Waals surface area contributed by atoms with Crippen LogP contribution in [0, 0.1) is 0 Å². The second-order valence-corrected chi connectivity index (χ2v) is 5.89. The minimum atomic E-state index is 0.364. The van der Waals surface area contributed by atoms with Crippen LogP contribution in [0.5, 0.6) is 0 Å². The molecule has 1 aromatic heterocycles. The van der Waals surface area contributed by atoms with Gasteiger partial charge >= 0.3 is 0 Å². The first-order chi connectivity index (χ1) is 7.75. The molecular formula is C10H13Cl2N3S. The molecule has 1 fully saturated rings. The quantitative estimate of drug-likeness (QED) is 0.918. The van der Waals surface area contributed by atoms with Gasteiger partial charge in [0.1, 0.15) is 0 Å². The number of thioether (sulfide) groups is 1. The van der Waals surface area contributed by atoms with Gasteiger partial charge in [-0.2, -0.15) is 11.8 Å². The molecule has 0 aliphatic carbocycles. The van der Waals surface area contributed by atoms with Crippen LogP contribution in [0.2, 0.25) is 10.3 Å². The molecule has 1 saturated heterocycles. The zero-order valence-electron chi connectivity index (χ0n) is 8.75. The maximum absolute atomic E-state index is 5.91. The number of rotatable bonds is 3. The summed E-state index contributed by atoms with van der Waals surface area (Å²) in [5.74, 6) is 1.26. The highest BCUT2D eigenvalue weighted by molar-refractivity contribution is 7.99. The summed E-state index contributed by atoms with van der Waals surface area (Å²) in [5.41, 5.74) is 0.771. The van der Waals surface area contributed by atoms with Gasteiger partial charge in [0.05, 0.1) is 5.69 Å². The SMILES string of the molecule is Clc1cc(NCC2CCCCS2)c(Cl)nn1. The van der Waals surface area contributed by atoms with E-state index in [2.05, 4.69) is 15.5 Å². The van der Waals surface area contributed by atoms with Crippen molar-refractivity contribution in [1.29, 1.82) is 0 Å². The van der Waals surface area contributed by atoms with E-state index in [-0.39, 0.29) is 0 Å². The van der Waals surface area contributed by atoms with Crippen LogP contribution < -0.4 is 5.32 Å². The lowest BCUT2D eigenvalue weighted by Gasteiger charge is -2.22. The average Bonchev–Trinajstić information content (AvgIpc) is 2.32. The molecule has 0 aromatic carbocycles. The highest BCUT2D eigenvalue weighted by Crippen LogP contribution is 2.26. The van der Waals surface area contributed by atoms with Crippen LogP contribution in [0.3, 0.4) is 0 Å². The molecule has 1 aliphatic rings. The van der Waals surface area contributed by atoms with Gasteiger partial charge < -0.3 is 5.32 Å². The van der Waals surface area contributed by atoms with Crippen molar-refractivity contribution < 1.29 is 0 Å². The van der Waals surface area contributed by atoms with Crippen molar-refractivity contribution in [2.24, 2.45) is 0 Å². The van der Waals surface area contributed by atoms with E-state index in [1.165, 1.54) is 25.0 Å². The molecule has 1 atom stereocenters. The first kappa shape index (κ1) is 12.3. The fourth-order valence-corrected chi connectivity index (χ4v) is 3.21. The Labute approximate surface area is 109 Å². The highest BCUT2D eigenvalue weighted by Gasteiger charge is 2.14. The third-order valence-corrected chi connectivity index (χ3v) is 4.38. The first-order valence-corrected chi connectivity index (χ1v) is 7.10. The Bertz CT molecular complexity index is 356. The van der Waals surface area contributed by atoms with Gasteiger partial charge in [-0.25, -0.2) is 0 Å². The van der Waals surface area contributed by atoms with Gasteiger partial charge in [-0.1, -0.05) is 29.6 Å². The van der Waals surface area contributed by atoms with Gasteiger partial charge in [0.2, 0.25) is 0 Å². The van der Waals surface area contributed by atoms with E-state index in [0.717, 1.165) is 12.2 Å². The normalized spacial score (nSPS) is 20.8. The fourth-order valence-electron chi connectivity index (χ4n) is 1.67. The van der Waals surface area contributed by atoms with Crippen molar-refractivity contribution in [2.45, 2.75) is 24.5 Å². The fraction of sp³-hybridized carbons (Fsp3) is 0.600. The lowest BCUT2D eigenvalue weighted by atomic mass is 10.2. The van der Waals surface area contributed by atoms with Crippen LogP contribution >= 0.6 is 35.0 Å². The van der Waals surface area contributed by atoms with Gasteiger partial charge in [-0.3, -0.25) is 0 Å². The van der Waals surface area contributed by atoms with Crippen molar-refractivity contribution in [3.63, 3.8) is 0 Å². The van der Waals surface area contributed by atoms with Gasteiger partial charge in [-0.05, 0) is 18.6 Å². The maximum Gasteiger partial charge on any atom is 0.174 e. The van der Waals surface area contributed by atoms with Crippen molar-refractivity contribution in [3.8, 4) is 0 Å². The number of nitrogens with zero attached hydrogens (tertiary/aromatic N) is 2. The van der Waals surface area contributed by atoms with Gasteiger partial charge in [0.15, 0.2) is 10.3 Å². The number of halogens is 2. The summed E-state index contributed by atoms with van der Waals surface area (Å²) in [6, 6.07) is 1.71. The average molecular weight is 278 g/mol. The minimum Gasteiger partial charge on any atom is -0.381 e. The van der Waals surface area contributed by atoms with Gasteiger partial charge in [0.25, 0.3) is 0 Å². The van der Waals surface area contributed by atoms with Crippen LogP contribution in [-0.2, 0) is 0 Å². The monoisotopic (exact) mass is 277 g/mol. The van der Waals surface area contributed by atoms with Crippen molar-refractivity contribution in [2.75, 3.05) is 17.6 Å². The second-order valence-electron chi connectivity index (χ2n) is 3.74. The number of anilines is 1. The van der Waals surface area contributed by atoms with Crippen LogP contribution in [0.4, 0.5) is 5.69 Å². The van der Waals surface area contributed by atoms with Crippen molar-refractivity contribution >= 4 is 40.7 Å². The van der Waals surface area contributed by atoms with E-state index in [9.17, 15) is 0 Å². The van der Waals surface area contributed by atoms with E-state index >= 15 is 0 Å². The Morgan fingerprint density at radius 3 is 3.00 bits per heavy atom. The third-order valence-electron chi connectivity index (χ3n) is 2.51. The summed E-state index contributed by atoms with van der Waals surface area (Å²) in [5, 5.41) is 12.1. The molecule has 2 heterocycles. The number of aromatic nitrogens is 2. The zero-order chi connectivity index (χ0) is 11.4. The molecule has 0 radical (unpaired) electrons. The molecule has 2 rings (SSSR count). The highest BCUT2D eigenvalue weighted by atomic mass is 35.5. The summed E-state index contributed by atoms with van der Waals surface area (Å²) < 4.78 is 0. The Balaban J connectivity index is 1.90. The summed E-state index contributed by atoms with van der Waals surface area (Å²) in [7, 11) is 0. The standard InChI is InChI=1S/C10H13Cl2N3S/c11-9-5-8(10(12)15-14-9)13-6-7-3-1-2-4-16-7/h5,7H,1-4,6H2,(H,13,14). The Morgan fingerprint density at radius 2 is 2.25 bits per heavy atom. The zero-order valence-corrected chi connectivity index (χ0v) is 11.1. The van der Waals surface area contributed by atoms with Crippen LogP contribution in [0.1, 0.15) is 19.3 Å². The molecular weight excluding hydrogens is 265 g/mol. The third kappa shape index (κ3) is 3.40. The largest absolute Gasteiger partial charge is 0.381 e. The molecule has 88 valence electrons. The number of hydrogen-bond acceptors (Lipinski definition) is 4. The van der Waals surface area contributed by atoms with Gasteiger partial charge in [-0.15, -0.1) is 10.2 Å². The molecule has 1 aliphatic heterocycles. The Morgan fingerprint density at radius 1 is 1.38 bits per heavy atom. The number of hydrogen-bond donors (Lipinski definition) is 1. The van der Waals surface area contributed by atoms with Crippen molar-refractivity contribution in [3.05, 3.63) is 16.4 Å². The predicted molar refractivity (Wildman–Crippen MR) is 70.6 cm³/mol. The summed E-state index contributed by atoms with van der Waals surface area (Å²) >= 11 is 13.7. The van der Waals surface area contributed by atoms with Crippen LogP contribution in [-0.4, -0.2) is 27.7 Å². The molecule has 0 amide bonds. The lowest BCUT2D eigenvalue weighted by molar-refractivity contribution is 0.677. The number of nitrogens with one attached hydrogen (secondary N) is 1. The molecule has 0 saturated carbocycles.